The summed E-state index contributed by atoms with van der Waals surface area (Å²) < 4.78 is 56.6. The molecule has 7 heteroatoms. The van der Waals surface area contributed by atoms with Crippen LogP contribution in [0, 0.1) is 5.82 Å². The summed E-state index contributed by atoms with van der Waals surface area (Å²) in [5.74, 6) is -0.366. The molecule has 0 aliphatic rings. The molecule has 0 radical (unpaired) electrons. The molecule has 2 rings (SSSR count). The number of anilines is 1. The maximum Gasteiger partial charge on any atom is 0.418 e. The summed E-state index contributed by atoms with van der Waals surface area (Å²) in [7, 11) is 0. The van der Waals surface area contributed by atoms with E-state index in [9.17, 15) is 22.4 Å². The zero-order chi connectivity index (χ0) is 15.5. The molecular weight excluding hydrogens is 290 g/mol. The molecule has 110 valence electrons. The molecule has 2 aromatic rings. The molecule has 2 aromatic carbocycles. The van der Waals surface area contributed by atoms with Crippen LogP contribution in [0.3, 0.4) is 0 Å². The summed E-state index contributed by atoms with van der Waals surface area (Å²) in [6.07, 6.45) is -4.49. The number of halogens is 4. The highest BCUT2D eigenvalue weighted by atomic mass is 19.4. The van der Waals surface area contributed by atoms with Gasteiger partial charge in [-0.25, -0.2) is 4.39 Å². The second-order valence-electron chi connectivity index (χ2n) is 4.02. The van der Waals surface area contributed by atoms with E-state index in [-0.39, 0.29) is 23.6 Å². The number of hydrogen-bond acceptors (Lipinski definition) is 2. The number of alkyl halides is 3. The Kier molecular flexibility index (Phi) is 4.11. The number of hydrogen-bond donors (Lipinski definition) is 1. The van der Waals surface area contributed by atoms with Gasteiger partial charge in [0.05, 0.1) is 11.3 Å². The third-order valence-corrected chi connectivity index (χ3v) is 2.56. The van der Waals surface area contributed by atoms with E-state index in [4.69, 9.17) is 4.74 Å². The Morgan fingerprint density at radius 2 is 1.62 bits per heavy atom. The summed E-state index contributed by atoms with van der Waals surface area (Å²) in [4.78, 5) is 10.3. The van der Waals surface area contributed by atoms with Crippen LogP contribution < -0.4 is 10.1 Å². The van der Waals surface area contributed by atoms with Crippen LogP contribution in [0.15, 0.2) is 42.5 Å². The van der Waals surface area contributed by atoms with Crippen LogP contribution >= 0.6 is 0 Å². The Morgan fingerprint density at radius 3 is 2.19 bits per heavy atom. The topological polar surface area (TPSA) is 38.3 Å². The highest BCUT2D eigenvalue weighted by molar-refractivity contribution is 5.74. The molecular formula is C14H9F4NO2. The van der Waals surface area contributed by atoms with Crippen molar-refractivity contribution in [3.8, 4) is 11.5 Å². The SMILES string of the molecule is O=CNc1ccc(Oc2ccc(F)cc2)cc1C(F)(F)F. The van der Waals surface area contributed by atoms with Gasteiger partial charge in [0, 0.05) is 0 Å². The van der Waals surface area contributed by atoms with Crippen molar-refractivity contribution in [3.63, 3.8) is 0 Å². The van der Waals surface area contributed by atoms with Crippen molar-refractivity contribution in [1.29, 1.82) is 0 Å². The van der Waals surface area contributed by atoms with Gasteiger partial charge in [-0.1, -0.05) is 0 Å². The summed E-state index contributed by atoms with van der Waals surface area (Å²) in [5, 5.41) is 1.98. The van der Waals surface area contributed by atoms with Gasteiger partial charge in [-0.3, -0.25) is 4.79 Å². The van der Waals surface area contributed by atoms with Gasteiger partial charge in [-0.05, 0) is 42.5 Å². The maximum atomic E-state index is 12.9. The lowest BCUT2D eigenvalue weighted by Crippen LogP contribution is -2.10. The molecule has 0 heterocycles. The van der Waals surface area contributed by atoms with Crippen molar-refractivity contribution >= 4 is 12.1 Å². The molecule has 1 amide bonds. The molecule has 0 saturated heterocycles. The summed E-state index contributed by atoms with van der Waals surface area (Å²) in [6, 6.07) is 7.95. The van der Waals surface area contributed by atoms with Crippen molar-refractivity contribution in [2.45, 2.75) is 6.18 Å². The Hall–Kier alpha value is -2.57. The van der Waals surface area contributed by atoms with Crippen LogP contribution in [0.2, 0.25) is 0 Å². The van der Waals surface area contributed by atoms with Crippen molar-refractivity contribution in [1.82, 2.24) is 0 Å². The van der Waals surface area contributed by atoms with E-state index >= 15 is 0 Å². The standard InChI is InChI=1S/C14H9F4NO2/c15-9-1-3-10(4-2-9)21-11-5-6-13(19-8-20)12(7-11)14(16,17)18/h1-8H,(H,19,20). The number of carbonyl (C=O) groups is 1. The van der Waals surface area contributed by atoms with Crippen molar-refractivity contribution in [2.24, 2.45) is 0 Å². The highest BCUT2D eigenvalue weighted by Gasteiger charge is 2.34. The van der Waals surface area contributed by atoms with E-state index in [0.29, 0.717) is 0 Å². The van der Waals surface area contributed by atoms with Crippen molar-refractivity contribution in [2.75, 3.05) is 5.32 Å². The molecule has 0 aliphatic heterocycles. The molecule has 3 nitrogen and oxygen atoms in total. The first kappa shape index (κ1) is 14.8. The van der Waals surface area contributed by atoms with Crippen LogP contribution in [0.1, 0.15) is 5.56 Å². The first-order valence-corrected chi connectivity index (χ1v) is 5.75. The fourth-order valence-electron chi connectivity index (χ4n) is 1.65. The predicted molar refractivity (Wildman–Crippen MR) is 67.6 cm³/mol. The molecule has 1 N–H and O–H groups in total. The molecule has 0 fully saturated rings. The van der Waals surface area contributed by atoms with E-state index in [1.165, 1.54) is 18.2 Å². The second-order valence-corrected chi connectivity index (χ2v) is 4.02. The molecule has 0 spiro atoms. The number of nitrogens with one attached hydrogen (secondary N) is 1. The van der Waals surface area contributed by atoms with Gasteiger partial charge >= 0.3 is 6.18 Å². The first-order chi connectivity index (χ1) is 9.90. The number of rotatable bonds is 4. The molecule has 0 atom stereocenters. The van der Waals surface area contributed by atoms with Gasteiger partial charge < -0.3 is 10.1 Å². The van der Waals surface area contributed by atoms with Gasteiger partial charge in [-0.15, -0.1) is 0 Å². The van der Waals surface area contributed by atoms with Gasteiger partial charge in [0.25, 0.3) is 0 Å². The summed E-state index contributed by atoms with van der Waals surface area (Å²) in [5.41, 5.74) is -1.40. The van der Waals surface area contributed by atoms with Crippen LogP contribution in [0.4, 0.5) is 23.2 Å². The maximum absolute atomic E-state index is 12.9. The van der Waals surface area contributed by atoms with Crippen molar-refractivity contribution in [3.05, 3.63) is 53.8 Å². The molecule has 0 unspecified atom stereocenters. The van der Waals surface area contributed by atoms with Gasteiger partial charge in [-0.2, -0.15) is 13.2 Å². The molecule has 0 aliphatic carbocycles. The zero-order valence-electron chi connectivity index (χ0n) is 10.4. The van der Waals surface area contributed by atoms with Crippen molar-refractivity contribution < 1.29 is 27.1 Å². The Morgan fingerprint density at radius 1 is 1.00 bits per heavy atom. The second kappa shape index (κ2) is 5.82. The fraction of sp³-hybridized carbons (Fsp3) is 0.0714. The number of carbonyl (C=O) groups excluding carboxylic acids is 1. The van der Waals surface area contributed by atoms with Gasteiger partial charge in [0.2, 0.25) is 6.41 Å². The minimum atomic E-state index is -4.65. The van der Waals surface area contributed by atoms with E-state index < -0.39 is 17.6 Å². The lowest BCUT2D eigenvalue weighted by molar-refractivity contribution is -0.137. The smallest absolute Gasteiger partial charge is 0.418 e. The van der Waals surface area contributed by atoms with Gasteiger partial charge in [0.1, 0.15) is 17.3 Å². The van der Waals surface area contributed by atoms with Crippen LogP contribution in [0.25, 0.3) is 0 Å². The van der Waals surface area contributed by atoms with E-state index in [2.05, 4.69) is 0 Å². The van der Waals surface area contributed by atoms with E-state index in [0.717, 1.165) is 24.3 Å². The Labute approximate surface area is 117 Å². The molecule has 0 saturated carbocycles. The number of amides is 1. The average Bonchev–Trinajstić information content (AvgIpc) is 2.42. The molecule has 0 aromatic heterocycles. The highest BCUT2D eigenvalue weighted by Crippen LogP contribution is 2.37. The molecule has 21 heavy (non-hydrogen) atoms. The Balaban J connectivity index is 2.33. The summed E-state index contributed by atoms with van der Waals surface area (Å²) in [6.45, 7) is 0. The first-order valence-electron chi connectivity index (χ1n) is 5.75. The normalized spacial score (nSPS) is 11.0. The number of benzene rings is 2. The predicted octanol–water partition coefficient (Wildman–Crippen LogP) is 4.21. The van der Waals surface area contributed by atoms with E-state index in [1.54, 1.807) is 0 Å². The monoisotopic (exact) mass is 299 g/mol. The largest absolute Gasteiger partial charge is 0.457 e. The van der Waals surface area contributed by atoms with Gasteiger partial charge in [0.15, 0.2) is 0 Å². The van der Waals surface area contributed by atoms with Crippen LogP contribution in [-0.4, -0.2) is 6.41 Å². The third-order valence-electron chi connectivity index (χ3n) is 2.56. The third kappa shape index (κ3) is 3.71. The Bertz CT molecular complexity index is 638. The minimum absolute atomic E-state index is 0.0783. The minimum Gasteiger partial charge on any atom is -0.457 e. The van der Waals surface area contributed by atoms with E-state index in [1.807, 2.05) is 5.32 Å². The average molecular weight is 299 g/mol. The quantitative estimate of drug-likeness (QED) is 0.678. The lowest BCUT2D eigenvalue weighted by Gasteiger charge is -2.14. The number of ether oxygens (including phenoxy) is 1. The fourth-order valence-corrected chi connectivity index (χ4v) is 1.65. The lowest BCUT2D eigenvalue weighted by atomic mass is 10.1. The van der Waals surface area contributed by atoms with Crippen LogP contribution in [-0.2, 0) is 11.0 Å². The zero-order valence-corrected chi connectivity index (χ0v) is 10.4. The van der Waals surface area contributed by atoms with Crippen LogP contribution in [0.5, 0.6) is 11.5 Å². The summed E-state index contributed by atoms with van der Waals surface area (Å²) >= 11 is 0. The molecule has 0 bridgehead atoms.